The van der Waals surface area contributed by atoms with Crippen molar-refractivity contribution >= 4 is 135 Å². The minimum atomic E-state index is 0.542. The maximum Gasteiger partial charge on any atom is 0.115 e. The Morgan fingerprint density at radius 1 is 0.275 bits per heavy atom. The first-order chi connectivity index (χ1) is 39.3. The summed E-state index contributed by atoms with van der Waals surface area (Å²) in [5.41, 5.74) is 0. The van der Waals surface area contributed by atoms with Crippen LogP contribution >= 0.6 is 48.9 Å². The molecule has 0 bridgehead atoms. The third-order valence-corrected chi connectivity index (χ3v) is 20.4. The molecular formula is C74H96N2S4. The van der Waals surface area contributed by atoms with Crippen LogP contribution in [0.5, 0.6) is 0 Å². The Bertz CT molecular complexity index is 3460. The number of unbranched alkanes of at least 4 members (excludes halogenated alkanes) is 24. The summed E-state index contributed by atoms with van der Waals surface area (Å²) in [5.74, 6) is 1.08. The first kappa shape index (κ1) is 60.6. The lowest BCUT2D eigenvalue weighted by Crippen LogP contribution is -2.11. The minimum absolute atomic E-state index is 0.542. The van der Waals surface area contributed by atoms with Crippen molar-refractivity contribution < 1.29 is 0 Å². The zero-order chi connectivity index (χ0) is 55.8. The van der Waals surface area contributed by atoms with E-state index in [9.17, 15) is 0 Å². The molecule has 7 aromatic carbocycles. The van der Waals surface area contributed by atoms with E-state index in [-0.39, 0.29) is 0 Å². The molecule has 0 saturated carbocycles. The average Bonchev–Trinajstić information content (AvgIpc) is 4.02. The summed E-state index contributed by atoms with van der Waals surface area (Å²) >= 11 is 27.3. The Morgan fingerprint density at radius 3 is 0.887 bits per heavy atom. The molecule has 0 saturated heterocycles. The molecule has 9 rings (SSSR count). The molecule has 0 aliphatic carbocycles. The second-order valence-corrected chi connectivity index (χ2v) is 26.2. The number of benzene rings is 7. The van der Waals surface area contributed by atoms with Crippen molar-refractivity contribution in [2.24, 2.45) is 11.8 Å². The number of nitrogens with zero attached hydrogens (tertiary/aromatic N) is 2. The zero-order valence-electron chi connectivity index (χ0n) is 49.8. The molecule has 9 aromatic rings. The highest BCUT2D eigenvalue weighted by Gasteiger charge is 2.25. The van der Waals surface area contributed by atoms with Gasteiger partial charge >= 0.3 is 0 Å². The summed E-state index contributed by atoms with van der Waals surface area (Å²) in [6.07, 6.45) is 42.3. The monoisotopic (exact) mass is 1140 g/mol. The van der Waals surface area contributed by atoms with Crippen molar-refractivity contribution in [1.29, 1.82) is 0 Å². The van der Waals surface area contributed by atoms with Crippen molar-refractivity contribution in [3.8, 4) is 0 Å². The molecule has 2 heterocycles. The van der Waals surface area contributed by atoms with E-state index in [1.54, 1.807) is 0 Å². The van der Waals surface area contributed by atoms with Gasteiger partial charge in [-0.25, -0.2) is 0 Å². The van der Waals surface area contributed by atoms with Gasteiger partial charge in [0.15, 0.2) is 0 Å². The lowest BCUT2D eigenvalue weighted by atomic mass is 9.88. The van der Waals surface area contributed by atoms with Crippen molar-refractivity contribution in [2.45, 2.75) is 246 Å². The Morgan fingerprint density at radius 2 is 0.562 bits per heavy atom. The van der Waals surface area contributed by atoms with E-state index >= 15 is 0 Å². The predicted molar refractivity (Wildman–Crippen MR) is 366 cm³/mol. The second kappa shape index (κ2) is 30.6. The first-order valence-electron chi connectivity index (χ1n) is 32.8. The molecule has 0 N–H and O–H groups in total. The van der Waals surface area contributed by atoms with E-state index in [1.165, 1.54) is 270 Å². The highest BCUT2D eigenvalue weighted by Crippen LogP contribution is 2.47. The van der Waals surface area contributed by atoms with Gasteiger partial charge in [0.1, 0.15) is 18.6 Å². The number of aromatic nitrogens is 2. The Labute approximate surface area is 502 Å². The standard InChI is InChI=1S/C74H96N2S4/c1-5-9-13-17-21-23-27-31-39-53(37-29-25-19-15-11-7-3)51-75-71(77)67-63-49-62-60-48-46-56-42-34-36-44-58(56)66(60)70-68(64(62)50-61(63)59-47-45-55-41-33-35-43-57(55)65(59)69(67)73(75)79)72(78)76(74(70)80)52-54(38-30-26-20-16-12-8-4)40-32-28-24-22-18-14-10-6-2/h33-36,41-50,53-54H,5-32,37-40,51-52H2,1-4H3. The number of hydrogen-bond acceptors (Lipinski definition) is 4. The van der Waals surface area contributed by atoms with Crippen LogP contribution < -0.4 is 0 Å². The third-order valence-electron chi connectivity index (χ3n) is 18.7. The van der Waals surface area contributed by atoms with Gasteiger partial charge in [0.05, 0.1) is 0 Å². The van der Waals surface area contributed by atoms with Gasteiger partial charge in [0.25, 0.3) is 0 Å². The fourth-order valence-corrected chi connectivity index (χ4v) is 15.8. The molecule has 80 heavy (non-hydrogen) atoms. The quantitative estimate of drug-likeness (QED) is 0.0168. The van der Waals surface area contributed by atoms with Gasteiger partial charge in [-0.05, 0) is 104 Å². The Balaban J connectivity index is 1.19. The highest BCUT2D eigenvalue weighted by atomic mass is 32.1. The van der Waals surface area contributed by atoms with Gasteiger partial charge < -0.3 is 9.13 Å². The summed E-state index contributed by atoms with van der Waals surface area (Å²) < 4.78 is 8.46. The molecule has 2 atom stereocenters. The molecule has 0 amide bonds. The van der Waals surface area contributed by atoms with E-state index in [0.717, 1.165) is 53.2 Å². The molecule has 0 aliphatic heterocycles. The maximum atomic E-state index is 6.86. The van der Waals surface area contributed by atoms with Crippen LogP contribution in [-0.2, 0) is 13.1 Å². The average molecular weight is 1140 g/mol. The van der Waals surface area contributed by atoms with Gasteiger partial charge in [-0.3, -0.25) is 0 Å². The predicted octanol–water partition coefficient (Wildman–Crippen LogP) is 26.1. The van der Waals surface area contributed by atoms with E-state index in [4.69, 9.17) is 48.9 Å². The number of hydrogen-bond donors (Lipinski definition) is 0. The molecule has 2 unspecified atom stereocenters. The summed E-state index contributed by atoms with van der Waals surface area (Å²) in [4.78, 5) is 0. The summed E-state index contributed by atoms with van der Waals surface area (Å²) in [6.45, 7) is 11.0. The van der Waals surface area contributed by atoms with Crippen LogP contribution in [0.3, 0.4) is 0 Å². The second-order valence-electron chi connectivity index (χ2n) is 24.7. The number of rotatable bonds is 36. The lowest BCUT2D eigenvalue weighted by Gasteiger charge is -2.18. The highest BCUT2D eigenvalue weighted by molar-refractivity contribution is 7.72. The minimum Gasteiger partial charge on any atom is -0.322 e. The van der Waals surface area contributed by atoms with E-state index in [1.807, 2.05) is 0 Å². The molecule has 426 valence electrons. The van der Waals surface area contributed by atoms with Crippen molar-refractivity contribution in [1.82, 2.24) is 9.13 Å². The molecular weight excluding hydrogens is 1050 g/mol. The maximum absolute atomic E-state index is 6.86. The van der Waals surface area contributed by atoms with Gasteiger partial charge in [-0.1, -0.05) is 329 Å². The van der Waals surface area contributed by atoms with Crippen LogP contribution in [0.15, 0.2) is 84.9 Å². The molecule has 0 spiro atoms. The van der Waals surface area contributed by atoms with Gasteiger partial charge in [-0.2, -0.15) is 0 Å². The normalized spacial score (nSPS) is 13.1. The van der Waals surface area contributed by atoms with Crippen LogP contribution in [-0.4, -0.2) is 9.13 Å². The molecule has 6 heteroatoms. The fourth-order valence-electron chi connectivity index (χ4n) is 14.2. The first-order valence-corrected chi connectivity index (χ1v) is 34.4. The topological polar surface area (TPSA) is 9.86 Å². The summed E-state index contributed by atoms with van der Waals surface area (Å²) in [6, 6.07) is 32.2. The molecule has 0 fully saturated rings. The van der Waals surface area contributed by atoms with E-state index in [0.29, 0.717) is 11.8 Å². The van der Waals surface area contributed by atoms with Crippen molar-refractivity contribution in [2.75, 3.05) is 0 Å². The molecule has 0 radical (unpaired) electrons. The van der Waals surface area contributed by atoms with Crippen LogP contribution in [0.2, 0.25) is 0 Å². The third kappa shape index (κ3) is 14.0. The van der Waals surface area contributed by atoms with Gasteiger partial charge in [-0.15, -0.1) is 0 Å². The van der Waals surface area contributed by atoms with Crippen molar-refractivity contribution in [3.63, 3.8) is 0 Å². The van der Waals surface area contributed by atoms with Crippen LogP contribution in [0, 0.1) is 30.4 Å². The smallest absolute Gasteiger partial charge is 0.115 e. The molecule has 0 aliphatic rings. The van der Waals surface area contributed by atoms with E-state index in [2.05, 4.69) is 122 Å². The van der Waals surface area contributed by atoms with Crippen LogP contribution in [0.25, 0.3) is 86.2 Å². The van der Waals surface area contributed by atoms with E-state index < -0.39 is 0 Å². The summed E-state index contributed by atoms with van der Waals surface area (Å²) in [5, 5.41) is 19.3. The lowest BCUT2D eigenvalue weighted by molar-refractivity contribution is 0.355. The SMILES string of the molecule is CCCCCCCCCCC(CCCCCCCC)Cn1c(=S)c2c3cc4c(cc3c3ccc5ccccc5c3c2c1=S)c1c(=S)n(CC(CCCCCCCC)CCCCCCCCCC)c(=S)c1c1c2ccccc2ccc41. The Hall–Kier alpha value is -3.94. The largest absolute Gasteiger partial charge is 0.322 e. The van der Waals surface area contributed by atoms with Crippen molar-refractivity contribution in [3.05, 3.63) is 103 Å². The van der Waals surface area contributed by atoms with Crippen LogP contribution in [0.4, 0.5) is 0 Å². The summed E-state index contributed by atoms with van der Waals surface area (Å²) in [7, 11) is 0. The zero-order valence-corrected chi connectivity index (χ0v) is 53.1. The fraction of sp³-hybridized carbons (Fsp3) is 0.541. The molecule has 2 aromatic heterocycles. The van der Waals surface area contributed by atoms with Gasteiger partial charge in [0, 0.05) is 45.4 Å². The van der Waals surface area contributed by atoms with Crippen LogP contribution in [0.1, 0.15) is 233 Å². The van der Waals surface area contributed by atoms with Gasteiger partial charge in [0.2, 0.25) is 0 Å². The Kier molecular flexibility index (Phi) is 23.2. The molecule has 2 nitrogen and oxygen atoms in total. The number of fused-ring (bicyclic) bond motifs is 16.